The number of likely N-dealkylation sites (tertiary alicyclic amines) is 1. The Hall–Kier alpha value is -4.06. The van der Waals surface area contributed by atoms with Crippen molar-refractivity contribution >= 4 is 17.4 Å². The van der Waals surface area contributed by atoms with Crippen LogP contribution in [-0.4, -0.2) is 41.0 Å². The molecule has 2 aliphatic rings. The van der Waals surface area contributed by atoms with Crippen molar-refractivity contribution in [3.63, 3.8) is 0 Å². The van der Waals surface area contributed by atoms with Crippen molar-refractivity contribution < 1.29 is 24.2 Å². The fraction of sp³-hybridized carbons (Fsp3) is 0.290. The normalized spacial score (nSPS) is 20.1. The lowest BCUT2D eigenvalue weighted by atomic mass is 9.94. The first kappa shape index (κ1) is 24.6. The van der Waals surface area contributed by atoms with Gasteiger partial charge in [0.1, 0.15) is 23.4 Å². The van der Waals surface area contributed by atoms with E-state index in [1.165, 1.54) is 0 Å². The third kappa shape index (κ3) is 4.96. The van der Waals surface area contributed by atoms with E-state index in [-0.39, 0.29) is 17.4 Å². The summed E-state index contributed by atoms with van der Waals surface area (Å²) < 4.78 is 11.5. The summed E-state index contributed by atoms with van der Waals surface area (Å²) in [5, 5.41) is 11.4. The molecule has 0 aromatic heterocycles. The lowest BCUT2D eigenvalue weighted by Gasteiger charge is -2.25. The molecule has 1 fully saturated rings. The highest BCUT2D eigenvalue weighted by Gasteiger charge is 2.46. The van der Waals surface area contributed by atoms with Crippen LogP contribution in [0.4, 0.5) is 0 Å². The minimum absolute atomic E-state index is 0.0596. The van der Waals surface area contributed by atoms with E-state index in [1.54, 1.807) is 11.0 Å². The van der Waals surface area contributed by atoms with Crippen LogP contribution in [-0.2, 0) is 22.4 Å². The molecule has 2 atom stereocenters. The molecule has 0 unspecified atom stereocenters. The number of ketones is 1. The average Bonchev–Trinajstić information content (AvgIpc) is 3.42. The van der Waals surface area contributed by atoms with Gasteiger partial charge >= 0.3 is 0 Å². The lowest BCUT2D eigenvalue weighted by Crippen LogP contribution is -2.31. The zero-order valence-electron chi connectivity index (χ0n) is 21.1. The minimum Gasteiger partial charge on any atom is -0.507 e. The van der Waals surface area contributed by atoms with Crippen molar-refractivity contribution in [2.75, 3.05) is 13.2 Å². The van der Waals surface area contributed by atoms with Gasteiger partial charge in [-0.25, -0.2) is 0 Å². The monoisotopic (exact) mass is 497 g/mol. The predicted molar refractivity (Wildman–Crippen MR) is 142 cm³/mol. The molecule has 2 heterocycles. The summed E-state index contributed by atoms with van der Waals surface area (Å²) in [6.45, 7) is 4.99. The summed E-state index contributed by atoms with van der Waals surface area (Å²) in [5.41, 5.74) is 3.40. The molecule has 5 rings (SSSR count). The van der Waals surface area contributed by atoms with Gasteiger partial charge in [0.25, 0.3) is 11.7 Å². The molecule has 37 heavy (non-hydrogen) atoms. The second kappa shape index (κ2) is 10.5. The Balaban J connectivity index is 1.54. The molecule has 0 spiro atoms. The summed E-state index contributed by atoms with van der Waals surface area (Å²) in [6, 6.07) is 22.0. The number of ether oxygens (including phenoxy) is 2. The number of fused-ring (bicyclic) bond motifs is 1. The molecule has 0 saturated carbocycles. The van der Waals surface area contributed by atoms with E-state index in [9.17, 15) is 14.7 Å². The van der Waals surface area contributed by atoms with Crippen LogP contribution in [0, 0.1) is 0 Å². The molecule has 190 valence electrons. The summed E-state index contributed by atoms with van der Waals surface area (Å²) in [6.07, 6.45) is 2.27. The number of benzene rings is 3. The third-order valence-electron chi connectivity index (χ3n) is 6.86. The Labute approximate surface area is 217 Å². The van der Waals surface area contributed by atoms with Crippen LogP contribution in [0.2, 0.25) is 0 Å². The minimum atomic E-state index is -0.702. The molecule has 1 amide bonds. The Bertz CT molecular complexity index is 1330. The van der Waals surface area contributed by atoms with Crippen LogP contribution < -0.4 is 9.47 Å². The van der Waals surface area contributed by atoms with Crippen molar-refractivity contribution in [3.05, 3.63) is 101 Å². The number of hydrogen-bond acceptors (Lipinski definition) is 5. The second-order valence-corrected chi connectivity index (χ2v) is 9.60. The number of rotatable bonds is 8. The van der Waals surface area contributed by atoms with Gasteiger partial charge in [-0.2, -0.15) is 0 Å². The maximum absolute atomic E-state index is 13.4. The van der Waals surface area contributed by atoms with Crippen LogP contribution in [0.25, 0.3) is 5.76 Å². The van der Waals surface area contributed by atoms with Gasteiger partial charge in [0.15, 0.2) is 0 Å². The predicted octanol–water partition coefficient (Wildman–Crippen LogP) is 5.46. The Morgan fingerprint density at radius 3 is 2.54 bits per heavy atom. The van der Waals surface area contributed by atoms with E-state index in [4.69, 9.17) is 9.47 Å². The largest absolute Gasteiger partial charge is 0.507 e. The van der Waals surface area contributed by atoms with Gasteiger partial charge < -0.3 is 19.5 Å². The number of hydrogen-bond donors (Lipinski definition) is 1. The summed E-state index contributed by atoms with van der Waals surface area (Å²) in [7, 11) is 0. The van der Waals surface area contributed by atoms with Gasteiger partial charge in [0, 0.05) is 18.5 Å². The molecule has 1 saturated heterocycles. The zero-order valence-corrected chi connectivity index (χ0v) is 21.1. The highest BCUT2D eigenvalue weighted by Crippen LogP contribution is 2.41. The number of aliphatic hydroxyl groups excluding tert-OH is 1. The fourth-order valence-electron chi connectivity index (χ4n) is 5.04. The van der Waals surface area contributed by atoms with Crippen LogP contribution >= 0.6 is 0 Å². The van der Waals surface area contributed by atoms with Gasteiger partial charge in [-0.15, -0.1) is 0 Å². The molecule has 1 N–H and O–H groups in total. The average molecular weight is 498 g/mol. The molecule has 6 heteroatoms. The Morgan fingerprint density at radius 1 is 1.05 bits per heavy atom. The lowest BCUT2D eigenvalue weighted by molar-refractivity contribution is -0.139. The number of carbonyl (C=O) groups is 2. The van der Waals surface area contributed by atoms with Crippen molar-refractivity contribution in [1.29, 1.82) is 0 Å². The standard InChI is InChI=1S/C31H31NO5/c1-3-17-36-25-12-9-22(10-13-25)28-27(29(33)23-11-14-26-24(19-23)18-20(2)37-26)30(34)31(35)32(28)16-15-21-7-5-4-6-8-21/h4-14,19-20,28,33H,3,15-18H2,1-2H3/b29-27+/t20-,28-/m0/s1. The number of aliphatic hydroxyl groups is 1. The van der Waals surface area contributed by atoms with E-state index in [2.05, 4.69) is 0 Å². The quantitative estimate of drug-likeness (QED) is 0.254. The van der Waals surface area contributed by atoms with Crippen LogP contribution in [0.3, 0.4) is 0 Å². The van der Waals surface area contributed by atoms with E-state index in [1.807, 2.05) is 80.6 Å². The number of Topliss-reactive ketones (excluding diaryl/α,β-unsaturated/α-hetero) is 1. The van der Waals surface area contributed by atoms with E-state index in [0.29, 0.717) is 25.1 Å². The highest BCUT2D eigenvalue weighted by molar-refractivity contribution is 6.46. The summed E-state index contributed by atoms with van der Waals surface area (Å²) in [5.74, 6) is 0.0595. The Kier molecular flexibility index (Phi) is 6.99. The van der Waals surface area contributed by atoms with E-state index >= 15 is 0 Å². The van der Waals surface area contributed by atoms with Crippen molar-refractivity contribution in [2.24, 2.45) is 0 Å². The van der Waals surface area contributed by atoms with Crippen molar-refractivity contribution in [3.8, 4) is 11.5 Å². The number of amides is 1. The number of nitrogens with zero attached hydrogens (tertiary/aromatic N) is 1. The third-order valence-corrected chi connectivity index (χ3v) is 6.86. The van der Waals surface area contributed by atoms with Crippen LogP contribution in [0.1, 0.15) is 48.6 Å². The van der Waals surface area contributed by atoms with Gasteiger partial charge in [0.2, 0.25) is 0 Å². The topological polar surface area (TPSA) is 76.1 Å². The molecule has 2 aliphatic heterocycles. The first-order chi connectivity index (χ1) is 18.0. The Morgan fingerprint density at radius 2 is 1.81 bits per heavy atom. The van der Waals surface area contributed by atoms with E-state index in [0.717, 1.165) is 41.0 Å². The summed E-state index contributed by atoms with van der Waals surface area (Å²) >= 11 is 0. The molecular formula is C31H31NO5. The van der Waals surface area contributed by atoms with Gasteiger partial charge in [-0.05, 0) is 66.8 Å². The maximum atomic E-state index is 13.4. The van der Waals surface area contributed by atoms with Gasteiger partial charge in [-0.3, -0.25) is 9.59 Å². The molecule has 6 nitrogen and oxygen atoms in total. The summed E-state index contributed by atoms with van der Waals surface area (Å²) in [4.78, 5) is 28.2. The fourth-order valence-corrected chi connectivity index (χ4v) is 5.04. The molecule has 0 bridgehead atoms. The molecule has 3 aromatic rings. The first-order valence-corrected chi connectivity index (χ1v) is 12.8. The number of carbonyl (C=O) groups excluding carboxylic acids is 2. The SMILES string of the molecule is CCCOc1ccc([C@H]2/C(=C(\O)c3ccc4c(c3)C[C@H](C)O4)C(=O)C(=O)N2CCc2ccccc2)cc1. The van der Waals surface area contributed by atoms with E-state index < -0.39 is 17.7 Å². The molecule has 3 aromatic carbocycles. The first-order valence-electron chi connectivity index (χ1n) is 12.8. The second-order valence-electron chi connectivity index (χ2n) is 9.60. The highest BCUT2D eigenvalue weighted by atomic mass is 16.5. The van der Waals surface area contributed by atoms with Gasteiger partial charge in [-0.1, -0.05) is 49.4 Å². The smallest absolute Gasteiger partial charge is 0.295 e. The van der Waals surface area contributed by atoms with Crippen molar-refractivity contribution in [1.82, 2.24) is 4.90 Å². The van der Waals surface area contributed by atoms with Crippen LogP contribution in [0.5, 0.6) is 11.5 Å². The van der Waals surface area contributed by atoms with Crippen molar-refractivity contribution in [2.45, 2.75) is 45.3 Å². The maximum Gasteiger partial charge on any atom is 0.295 e. The molecule has 0 radical (unpaired) electrons. The molecule has 0 aliphatic carbocycles. The van der Waals surface area contributed by atoms with Crippen LogP contribution in [0.15, 0.2) is 78.4 Å². The molecular weight excluding hydrogens is 466 g/mol. The van der Waals surface area contributed by atoms with Gasteiger partial charge in [0.05, 0.1) is 18.2 Å². The zero-order chi connectivity index (χ0) is 25.9.